The van der Waals surface area contributed by atoms with Crippen LogP contribution in [0.3, 0.4) is 0 Å². The van der Waals surface area contributed by atoms with Gasteiger partial charge in [0.05, 0.1) is 6.54 Å². The summed E-state index contributed by atoms with van der Waals surface area (Å²) in [5.41, 5.74) is 6.04. The van der Waals surface area contributed by atoms with Crippen LogP contribution in [-0.2, 0) is 4.79 Å². The van der Waals surface area contributed by atoms with Crippen molar-refractivity contribution in [3.63, 3.8) is 0 Å². The van der Waals surface area contributed by atoms with Crippen LogP contribution >= 0.6 is 0 Å². The van der Waals surface area contributed by atoms with Gasteiger partial charge in [-0.1, -0.05) is 60.7 Å². The summed E-state index contributed by atoms with van der Waals surface area (Å²) in [6, 6.07) is 18.6. The fourth-order valence-corrected chi connectivity index (χ4v) is 1.35. The van der Waals surface area contributed by atoms with E-state index in [1.54, 1.807) is 0 Å². The first-order chi connectivity index (χ1) is 9.15. The number of ketones is 1. The summed E-state index contributed by atoms with van der Waals surface area (Å²) >= 11 is 0. The molecule has 0 aliphatic rings. The molecule has 98 valence electrons. The van der Waals surface area contributed by atoms with Crippen LogP contribution in [0.5, 0.6) is 0 Å². The van der Waals surface area contributed by atoms with Gasteiger partial charge in [-0.15, -0.1) is 0 Å². The van der Waals surface area contributed by atoms with E-state index in [9.17, 15) is 9.59 Å². The smallest absolute Gasteiger partial charge is 0.317 e. The Morgan fingerprint density at radius 3 is 1.42 bits per heavy atom. The average Bonchev–Trinajstić information content (AvgIpc) is 2.49. The van der Waals surface area contributed by atoms with Crippen LogP contribution in [-0.4, -0.2) is 23.4 Å². The molecule has 0 aliphatic carbocycles. The van der Waals surface area contributed by atoms with E-state index in [-0.39, 0.29) is 12.3 Å². The Kier molecular flexibility index (Phi) is 5.98. The first-order valence-electron chi connectivity index (χ1n) is 5.72. The highest BCUT2D eigenvalue weighted by molar-refractivity contribution is 6.08. The van der Waals surface area contributed by atoms with Gasteiger partial charge in [0.1, 0.15) is 0 Å². The highest BCUT2D eigenvalue weighted by atomic mass is 16.4. The molecule has 3 N–H and O–H groups in total. The lowest BCUT2D eigenvalue weighted by atomic mass is 10.0. The minimum absolute atomic E-state index is 0.0752. The number of carboxylic acids is 1. The van der Waals surface area contributed by atoms with Crippen LogP contribution in [0.1, 0.15) is 15.9 Å². The van der Waals surface area contributed by atoms with Crippen molar-refractivity contribution in [2.45, 2.75) is 0 Å². The second kappa shape index (κ2) is 7.79. The molecule has 4 nitrogen and oxygen atoms in total. The number of rotatable bonds is 3. The molecule has 2 rings (SSSR count). The van der Waals surface area contributed by atoms with Crippen LogP contribution in [0.25, 0.3) is 0 Å². The van der Waals surface area contributed by atoms with Gasteiger partial charge in [0, 0.05) is 11.1 Å². The van der Waals surface area contributed by atoms with Gasteiger partial charge in [0.2, 0.25) is 0 Å². The molecule has 19 heavy (non-hydrogen) atoms. The van der Waals surface area contributed by atoms with E-state index in [0.29, 0.717) is 0 Å². The Morgan fingerprint density at radius 1 is 0.842 bits per heavy atom. The van der Waals surface area contributed by atoms with Gasteiger partial charge >= 0.3 is 5.97 Å². The van der Waals surface area contributed by atoms with E-state index in [4.69, 9.17) is 5.11 Å². The van der Waals surface area contributed by atoms with Gasteiger partial charge in [0.25, 0.3) is 0 Å². The topological polar surface area (TPSA) is 80.4 Å². The molecular formula is C15H15NO3. The van der Waals surface area contributed by atoms with Crippen molar-refractivity contribution in [1.82, 2.24) is 0 Å². The van der Waals surface area contributed by atoms with Crippen molar-refractivity contribution in [3.05, 3.63) is 71.8 Å². The zero-order valence-corrected chi connectivity index (χ0v) is 10.3. The molecule has 0 bridgehead atoms. The lowest BCUT2D eigenvalue weighted by Gasteiger charge is -1.99. The van der Waals surface area contributed by atoms with Crippen LogP contribution < -0.4 is 5.73 Å². The second-order valence-electron chi connectivity index (χ2n) is 3.66. The number of hydrogen-bond donors (Lipinski definition) is 2. The number of hydrogen-bond acceptors (Lipinski definition) is 3. The maximum Gasteiger partial charge on any atom is 0.317 e. The zero-order chi connectivity index (χ0) is 14.1. The Morgan fingerprint density at radius 2 is 1.16 bits per heavy atom. The van der Waals surface area contributed by atoms with E-state index < -0.39 is 5.97 Å². The van der Waals surface area contributed by atoms with Crippen LogP contribution in [0.4, 0.5) is 0 Å². The molecule has 0 saturated heterocycles. The van der Waals surface area contributed by atoms with Crippen LogP contribution in [0.15, 0.2) is 60.7 Å². The van der Waals surface area contributed by atoms with Gasteiger partial charge < -0.3 is 10.8 Å². The molecule has 4 heteroatoms. The predicted molar refractivity (Wildman–Crippen MR) is 73.0 cm³/mol. The Bertz CT molecular complexity index is 482. The van der Waals surface area contributed by atoms with Crippen molar-refractivity contribution in [1.29, 1.82) is 0 Å². The minimum Gasteiger partial charge on any atom is -0.480 e. The van der Waals surface area contributed by atoms with E-state index in [0.717, 1.165) is 11.1 Å². The van der Waals surface area contributed by atoms with Gasteiger partial charge in [-0.3, -0.25) is 9.59 Å². The molecule has 2 aromatic rings. The van der Waals surface area contributed by atoms with Crippen LogP contribution in [0, 0.1) is 0 Å². The monoisotopic (exact) mass is 257 g/mol. The summed E-state index contributed by atoms with van der Waals surface area (Å²) in [7, 11) is 0. The molecule has 0 heterocycles. The second-order valence-corrected chi connectivity index (χ2v) is 3.66. The standard InChI is InChI=1S/C13H10O.C2H5NO2/c14-13(11-7-3-1-4-8-11)12-9-5-2-6-10-12;3-1-2(4)5/h1-10H;1,3H2,(H,4,5). The minimum atomic E-state index is -0.968. The van der Waals surface area contributed by atoms with Gasteiger partial charge in [-0.25, -0.2) is 0 Å². The molecule has 0 atom stereocenters. The third kappa shape index (κ3) is 5.14. The van der Waals surface area contributed by atoms with Crippen LogP contribution in [0.2, 0.25) is 0 Å². The van der Waals surface area contributed by atoms with E-state index >= 15 is 0 Å². The molecule has 0 amide bonds. The number of benzene rings is 2. The molecule has 0 unspecified atom stereocenters. The summed E-state index contributed by atoms with van der Waals surface area (Å²) in [6.45, 7) is -0.278. The molecule has 0 spiro atoms. The Labute approximate surface area is 111 Å². The molecule has 2 aromatic carbocycles. The molecule has 0 radical (unpaired) electrons. The molecule has 0 aliphatic heterocycles. The lowest BCUT2D eigenvalue weighted by molar-refractivity contribution is -0.135. The van der Waals surface area contributed by atoms with E-state index in [2.05, 4.69) is 5.73 Å². The van der Waals surface area contributed by atoms with Crippen molar-refractivity contribution < 1.29 is 14.7 Å². The number of nitrogens with two attached hydrogens (primary N) is 1. The normalized spacial score (nSPS) is 9.11. The zero-order valence-electron chi connectivity index (χ0n) is 10.3. The van der Waals surface area contributed by atoms with Crippen molar-refractivity contribution >= 4 is 11.8 Å². The molecule has 0 aromatic heterocycles. The number of carbonyl (C=O) groups excluding carboxylic acids is 1. The molecule has 0 fully saturated rings. The van der Waals surface area contributed by atoms with Gasteiger partial charge in [-0.2, -0.15) is 0 Å². The summed E-state index contributed by atoms with van der Waals surface area (Å²) in [5, 5.41) is 7.60. The van der Waals surface area contributed by atoms with Gasteiger partial charge in [-0.05, 0) is 0 Å². The predicted octanol–water partition coefficient (Wildman–Crippen LogP) is 1.95. The fourth-order valence-electron chi connectivity index (χ4n) is 1.35. The van der Waals surface area contributed by atoms with Crippen molar-refractivity contribution in [2.75, 3.05) is 6.54 Å². The Balaban J connectivity index is 0.000000312. The Hall–Kier alpha value is -2.46. The SMILES string of the molecule is NCC(=O)O.O=C(c1ccccc1)c1ccccc1. The highest BCUT2D eigenvalue weighted by Crippen LogP contribution is 2.08. The summed E-state index contributed by atoms with van der Waals surface area (Å²) in [5.74, 6) is -0.892. The van der Waals surface area contributed by atoms with Gasteiger partial charge in [0.15, 0.2) is 5.78 Å². The first kappa shape index (κ1) is 14.6. The van der Waals surface area contributed by atoms with E-state index in [1.807, 2.05) is 60.7 Å². The molecule has 0 saturated carbocycles. The number of carboxylic acid groups (broad SMARTS) is 1. The lowest BCUT2D eigenvalue weighted by Crippen LogP contribution is -2.10. The largest absolute Gasteiger partial charge is 0.480 e. The van der Waals surface area contributed by atoms with Crippen molar-refractivity contribution in [3.8, 4) is 0 Å². The number of carbonyl (C=O) groups is 2. The summed E-state index contributed by atoms with van der Waals surface area (Å²) in [6.07, 6.45) is 0. The quantitative estimate of drug-likeness (QED) is 0.823. The highest BCUT2D eigenvalue weighted by Gasteiger charge is 2.06. The third-order valence-electron chi connectivity index (χ3n) is 2.25. The maximum atomic E-state index is 11.8. The summed E-state index contributed by atoms with van der Waals surface area (Å²) < 4.78 is 0. The van der Waals surface area contributed by atoms with Crippen molar-refractivity contribution in [2.24, 2.45) is 5.73 Å². The first-order valence-corrected chi connectivity index (χ1v) is 5.72. The van der Waals surface area contributed by atoms with E-state index in [1.165, 1.54) is 0 Å². The maximum absolute atomic E-state index is 11.8. The third-order valence-corrected chi connectivity index (χ3v) is 2.25. The number of aliphatic carboxylic acids is 1. The summed E-state index contributed by atoms with van der Waals surface area (Å²) in [4.78, 5) is 21.1. The fraction of sp³-hybridized carbons (Fsp3) is 0.0667. The average molecular weight is 257 g/mol. The molecular weight excluding hydrogens is 242 g/mol.